The molecule has 2 aromatic heterocycles. The van der Waals surface area contributed by atoms with Crippen LogP contribution in [0.15, 0.2) is 14.7 Å². The van der Waals surface area contributed by atoms with Crippen LogP contribution in [0.4, 0.5) is 5.95 Å². The molecule has 0 aliphatic carbocycles. The number of hydrogen-bond donors (Lipinski definition) is 0. The first-order valence-corrected chi connectivity index (χ1v) is 8.73. The van der Waals surface area contributed by atoms with Crippen LogP contribution in [0, 0.1) is 5.41 Å². The predicted molar refractivity (Wildman–Crippen MR) is 101 cm³/mol. The van der Waals surface area contributed by atoms with Crippen molar-refractivity contribution in [1.82, 2.24) is 18.7 Å². The molecule has 146 valence electrons. The highest BCUT2D eigenvalue weighted by Crippen LogP contribution is 2.28. The summed E-state index contributed by atoms with van der Waals surface area (Å²) >= 11 is 0. The SMILES string of the molecule is CCOC(=O)CN1N=C(C(C)(C)C)Cn2c1nc1c2c(=O)n(C)c(=O)n1C. The lowest BCUT2D eigenvalue weighted by Gasteiger charge is -2.30. The summed E-state index contributed by atoms with van der Waals surface area (Å²) in [5.74, 6) is -0.110. The first-order chi connectivity index (χ1) is 12.6. The van der Waals surface area contributed by atoms with E-state index in [0.717, 1.165) is 10.3 Å². The summed E-state index contributed by atoms with van der Waals surface area (Å²) in [7, 11) is 2.99. The van der Waals surface area contributed by atoms with Crippen LogP contribution in [-0.4, -0.2) is 43.5 Å². The molecule has 10 heteroatoms. The van der Waals surface area contributed by atoms with E-state index in [1.54, 1.807) is 18.5 Å². The molecule has 10 nitrogen and oxygen atoms in total. The normalized spacial score (nSPS) is 14.3. The highest BCUT2D eigenvalue weighted by atomic mass is 16.5. The number of anilines is 1. The second kappa shape index (κ2) is 6.36. The van der Waals surface area contributed by atoms with E-state index in [1.165, 1.54) is 16.6 Å². The number of rotatable bonds is 3. The van der Waals surface area contributed by atoms with Gasteiger partial charge in [0.2, 0.25) is 5.95 Å². The predicted octanol–water partition coefficient (Wildman–Crippen LogP) is 0.219. The average molecular weight is 376 g/mol. The molecule has 27 heavy (non-hydrogen) atoms. The first-order valence-electron chi connectivity index (χ1n) is 8.73. The number of carbonyl (C=O) groups is 1. The summed E-state index contributed by atoms with van der Waals surface area (Å²) in [6.45, 7) is 8.22. The number of fused-ring (bicyclic) bond motifs is 3. The van der Waals surface area contributed by atoms with E-state index in [0.29, 0.717) is 18.0 Å². The number of esters is 1. The van der Waals surface area contributed by atoms with Crippen molar-refractivity contribution in [2.24, 2.45) is 24.6 Å². The van der Waals surface area contributed by atoms with Gasteiger partial charge in [0.1, 0.15) is 6.54 Å². The molecule has 0 spiro atoms. The number of aryl methyl sites for hydroxylation is 1. The summed E-state index contributed by atoms with van der Waals surface area (Å²) in [5.41, 5.74) is 0.175. The van der Waals surface area contributed by atoms with E-state index in [1.807, 2.05) is 20.8 Å². The second-order valence-corrected chi connectivity index (χ2v) is 7.54. The van der Waals surface area contributed by atoms with Crippen molar-refractivity contribution in [2.75, 3.05) is 18.2 Å². The highest BCUT2D eigenvalue weighted by molar-refractivity contribution is 5.93. The second-order valence-electron chi connectivity index (χ2n) is 7.54. The zero-order valence-corrected chi connectivity index (χ0v) is 16.4. The van der Waals surface area contributed by atoms with Crippen LogP contribution in [0.3, 0.4) is 0 Å². The van der Waals surface area contributed by atoms with Crippen LogP contribution in [0.1, 0.15) is 27.7 Å². The molecule has 3 rings (SSSR count). The van der Waals surface area contributed by atoms with Gasteiger partial charge < -0.3 is 4.74 Å². The molecule has 0 saturated heterocycles. The topological polar surface area (TPSA) is 104 Å². The van der Waals surface area contributed by atoms with E-state index in [9.17, 15) is 14.4 Å². The van der Waals surface area contributed by atoms with Crippen molar-refractivity contribution in [1.29, 1.82) is 0 Å². The van der Waals surface area contributed by atoms with E-state index >= 15 is 0 Å². The third-order valence-corrected chi connectivity index (χ3v) is 4.56. The van der Waals surface area contributed by atoms with E-state index in [4.69, 9.17) is 4.74 Å². The molecule has 0 atom stereocenters. The fourth-order valence-electron chi connectivity index (χ4n) is 2.98. The molecule has 1 aliphatic heterocycles. The minimum atomic E-state index is -0.461. The largest absolute Gasteiger partial charge is 0.465 e. The molecule has 0 fully saturated rings. The molecule has 2 aromatic rings. The average Bonchev–Trinajstić information content (AvgIpc) is 2.97. The number of nitrogens with zero attached hydrogens (tertiary/aromatic N) is 6. The number of imidazole rings is 1. The molecule has 3 heterocycles. The van der Waals surface area contributed by atoms with Gasteiger partial charge in [-0.15, -0.1) is 0 Å². The lowest BCUT2D eigenvalue weighted by Crippen LogP contribution is -2.40. The standard InChI is InChI=1S/C17H24N6O4/c1-7-27-11(24)9-23-15-18-13-12(14(25)21(6)16(26)20(13)5)22(15)8-10(19-23)17(2,3)4/h7-9H2,1-6H3. The van der Waals surface area contributed by atoms with Gasteiger partial charge in [-0.2, -0.15) is 10.1 Å². The van der Waals surface area contributed by atoms with Crippen LogP contribution in [0.2, 0.25) is 0 Å². The molecular formula is C17H24N6O4. The minimum absolute atomic E-state index is 0.134. The Hall–Kier alpha value is -2.91. The zero-order chi connectivity index (χ0) is 20.1. The number of ether oxygens (including phenoxy) is 1. The van der Waals surface area contributed by atoms with Gasteiger partial charge >= 0.3 is 11.7 Å². The quantitative estimate of drug-likeness (QED) is 0.710. The van der Waals surface area contributed by atoms with Crippen LogP contribution in [0.5, 0.6) is 0 Å². The summed E-state index contributed by atoms with van der Waals surface area (Å²) in [4.78, 5) is 41.5. The van der Waals surface area contributed by atoms with E-state index in [-0.39, 0.29) is 24.2 Å². The molecule has 0 aromatic carbocycles. The van der Waals surface area contributed by atoms with Crippen LogP contribution in [0.25, 0.3) is 11.2 Å². The lowest BCUT2D eigenvalue weighted by molar-refractivity contribution is -0.141. The van der Waals surface area contributed by atoms with Gasteiger partial charge in [0.15, 0.2) is 11.2 Å². The molecule has 0 radical (unpaired) electrons. The summed E-state index contributed by atoms with van der Waals surface area (Å²) in [6.07, 6.45) is 0. The number of hydrazone groups is 1. The van der Waals surface area contributed by atoms with Crippen LogP contribution < -0.4 is 16.3 Å². The molecule has 0 amide bonds. The van der Waals surface area contributed by atoms with Gasteiger partial charge in [-0.25, -0.2) is 9.80 Å². The Balaban J connectivity index is 2.26. The van der Waals surface area contributed by atoms with Crippen LogP contribution in [-0.2, 0) is 30.2 Å². The Kier molecular flexibility index (Phi) is 4.44. The maximum atomic E-state index is 12.8. The van der Waals surface area contributed by atoms with Crippen molar-refractivity contribution in [3.63, 3.8) is 0 Å². The van der Waals surface area contributed by atoms with Gasteiger partial charge in [0, 0.05) is 19.5 Å². The molecule has 0 unspecified atom stereocenters. The first kappa shape index (κ1) is 18.9. The fraction of sp³-hybridized carbons (Fsp3) is 0.588. The summed E-state index contributed by atoms with van der Waals surface area (Å²) in [5, 5.41) is 6.02. The van der Waals surface area contributed by atoms with Crippen LogP contribution >= 0.6 is 0 Å². The van der Waals surface area contributed by atoms with Crippen molar-refractivity contribution in [3.8, 4) is 0 Å². The number of hydrogen-bond acceptors (Lipinski definition) is 7. The molecule has 0 bridgehead atoms. The Morgan fingerprint density at radius 1 is 1.19 bits per heavy atom. The summed E-state index contributed by atoms with van der Waals surface area (Å²) in [6, 6.07) is 0. The van der Waals surface area contributed by atoms with Gasteiger partial charge in [-0.05, 0) is 6.92 Å². The van der Waals surface area contributed by atoms with Crippen molar-refractivity contribution in [3.05, 3.63) is 20.8 Å². The van der Waals surface area contributed by atoms with Gasteiger partial charge in [0.25, 0.3) is 5.56 Å². The molecule has 0 N–H and O–H groups in total. The van der Waals surface area contributed by atoms with Gasteiger partial charge in [-0.1, -0.05) is 20.8 Å². The van der Waals surface area contributed by atoms with E-state index < -0.39 is 17.2 Å². The Bertz CT molecular complexity index is 1070. The van der Waals surface area contributed by atoms with Gasteiger partial charge in [0.05, 0.1) is 18.9 Å². The Morgan fingerprint density at radius 3 is 2.44 bits per heavy atom. The lowest BCUT2D eigenvalue weighted by atomic mass is 9.89. The molecule has 0 saturated carbocycles. The highest BCUT2D eigenvalue weighted by Gasteiger charge is 2.32. The third kappa shape index (κ3) is 3.04. The fourth-order valence-corrected chi connectivity index (χ4v) is 2.98. The Morgan fingerprint density at radius 2 is 1.85 bits per heavy atom. The van der Waals surface area contributed by atoms with E-state index in [2.05, 4.69) is 10.1 Å². The summed E-state index contributed by atoms with van der Waals surface area (Å²) < 4.78 is 9.12. The Labute approximate surface area is 155 Å². The molecular weight excluding hydrogens is 352 g/mol. The van der Waals surface area contributed by atoms with Crippen molar-refractivity contribution >= 4 is 28.8 Å². The van der Waals surface area contributed by atoms with Crippen molar-refractivity contribution < 1.29 is 9.53 Å². The number of carbonyl (C=O) groups excluding carboxylic acids is 1. The van der Waals surface area contributed by atoms with Crippen molar-refractivity contribution in [2.45, 2.75) is 34.2 Å². The maximum absolute atomic E-state index is 12.8. The molecule has 1 aliphatic rings. The third-order valence-electron chi connectivity index (χ3n) is 4.56. The zero-order valence-electron chi connectivity index (χ0n) is 16.4. The van der Waals surface area contributed by atoms with Gasteiger partial charge in [-0.3, -0.25) is 23.3 Å². The minimum Gasteiger partial charge on any atom is -0.465 e. The number of aromatic nitrogens is 4. The maximum Gasteiger partial charge on any atom is 0.332 e. The smallest absolute Gasteiger partial charge is 0.332 e. The monoisotopic (exact) mass is 376 g/mol.